The fourth-order valence-electron chi connectivity index (χ4n) is 1.49. The molecule has 0 aliphatic rings. The van der Waals surface area contributed by atoms with Crippen LogP contribution >= 0.6 is 15.9 Å². The van der Waals surface area contributed by atoms with Crippen molar-refractivity contribution in [2.75, 3.05) is 5.32 Å². The van der Waals surface area contributed by atoms with Crippen LogP contribution in [0.2, 0.25) is 0 Å². The van der Waals surface area contributed by atoms with E-state index in [1.54, 1.807) is 0 Å². The predicted molar refractivity (Wildman–Crippen MR) is 74.7 cm³/mol. The molecule has 0 aliphatic heterocycles. The molecule has 2 N–H and O–H groups in total. The Balaban J connectivity index is 2.24. The van der Waals surface area contributed by atoms with Gasteiger partial charge in [0.2, 0.25) is 0 Å². The zero-order chi connectivity index (χ0) is 14.7. The van der Waals surface area contributed by atoms with Crippen LogP contribution in [-0.4, -0.2) is 20.9 Å². The summed E-state index contributed by atoms with van der Waals surface area (Å²) in [6, 6.07) is 5.47. The van der Waals surface area contributed by atoms with E-state index in [2.05, 4.69) is 26.2 Å². The highest BCUT2D eigenvalue weighted by molar-refractivity contribution is 9.10. The maximum absolute atomic E-state index is 11.9. The number of halogens is 1. The Morgan fingerprint density at radius 2 is 2.10 bits per heavy atom. The van der Waals surface area contributed by atoms with Gasteiger partial charge in [0.1, 0.15) is 5.75 Å². The van der Waals surface area contributed by atoms with E-state index in [9.17, 15) is 20.0 Å². The molecule has 1 heterocycles. The number of carbonyl (C=O) groups is 1. The van der Waals surface area contributed by atoms with Crippen molar-refractivity contribution in [2.45, 2.75) is 0 Å². The molecule has 0 unspecified atom stereocenters. The molecule has 0 spiro atoms. The summed E-state index contributed by atoms with van der Waals surface area (Å²) in [5.41, 5.74) is 0.264. The normalized spacial score (nSPS) is 10.1. The van der Waals surface area contributed by atoms with Gasteiger partial charge in [0.25, 0.3) is 11.6 Å². The molecule has 0 radical (unpaired) electrons. The number of benzene rings is 1. The van der Waals surface area contributed by atoms with Gasteiger partial charge in [-0.1, -0.05) is 0 Å². The highest BCUT2D eigenvalue weighted by Gasteiger charge is 2.14. The summed E-state index contributed by atoms with van der Waals surface area (Å²) in [4.78, 5) is 25.8. The average Bonchev–Trinajstić information content (AvgIpc) is 2.40. The van der Waals surface area contributed by atoms with E-state index in [4.69, 9.17) is 0 Å². The molecule has 20 heavy (non-hydrogen) atoms. The van der Waals surface area contributed by atoms with Crippen molar-refractivity contribution in [3.63, 3.8) is 0 Å². The summed E-state index contributed by atoms with van der Waals surface area (Å²) >= 11 is 3.05. The van der Waals surface area contributed by atoms with Crippen LogP contribution < -0.4 is 5.32 Å². The number of amides is 1. The van der Waals surface area contributed by atoms with Crippen molar-refractivity contribution in [1.29, 1.82) is 0 Å². The zero-order valence-corrected chi connectivity index (χ0v) is 11.5. The first-order valence-corrected chi connectivity index (χ1v) is 6.16. The Kier molecular flexibility index (Phi) is 3.94. The van der Waals surface area contributed by atoms with Crippen LogP contribution in [0.15, 0.2) is 41.1 Å². The first-order valence-electron chi connectivity index (χ1n) is 5.36. The predicted octanol–water partition coefficient (Wildman–Crippen LogP) is 2.71. The molecule has 1 amide bonds. The van der Waals surface area contributed by atoms with Crippen molar-refractivity contribution in [2.24, 2.45) is 0 Å². The first-order chi connectivity index (χ1) is 9.47. The van der Waals surface area contributed by atoms with E-state index in [-0.39, 0.29) is 22.7 Å². The molecule has 0 saturated heterocycles. The Morgan fingerprint density at radius 3 is 2.75 bits per heavy atom. The van der Waals surface area contributed by atoms with Crippen LogP contribution in [0, 0.1) is 10.1 Å². The molecular weight excluding hydrogens is 330 g/mol. The molecule has 0 fully saturated rings. The van der Waals surface area contributed by atoms with Gasteiger partial charge in [-0.15, -0.1) is 0 Å². The highest BCUT2D eigenvalue weighted by atomic mass is 79.9. The minimum atomic E-state index is -0.560. The molecule has 0 saturated carbocycles. The summed E-state index contributed by atoms with van der Waals surface area (Å²) in [6.45, 7) is 0. The molecule has 0 atom stereocenters. The fraction of sp³-hybridized carbons (Fsp3) is 0. The van der Waals surface area contributed by atoms with Gasteiger partial charge in [0, 0.05) is 18.0 Å². The number of nitro groups is 1. The molecule has 1 aromatic carbocycles. The molecule has 2 rings (SSSR count). The third-order valence-electron chi connectivity index (χ3n) is 2.39. The summed E-state index contributed by atoms with van der Waals surface area (Å²) in [6.07, 6.45) is 2.48. The van der Waals surface area contributed by atoms with Gasteiger partial charge in [-0.2, -0.15) is 0 Å². The van der Waals surface area contributed by atoms with Crippen molar-refractivity contribution in [3.05, 3.63) is 56.8 Å². The number of rotatable bonds is 3. The molecule has 1 aromatic heterocycles. The lowest BCUT2D eigenvalue weighted by molar-refractivity contribution is -0.385. The van der Waals surface area contributed by atoms with Crippen LogP contribution in [0.3, 0.4) is 0 Å². The number of nitrogens with zero attached hydrogens (tertiary/aromatic N) is 2. The molecule has 2 aromatic rings. The average molecular weight is 338 g/mol. The second-order valence-electron chi connectivity index (χ2n) is 3.81. The van der Waals surface area contributed by atoms with Crippen molar-refractivity contribution >= 4 is 33.2 Å². The van der Waals surface area contributed by atoms with Crippen LogP contribution in [0.25, 0.3) is 0 Å². The lowest BCUT2D eigenvalue weighted by Gasteiger charge is -2.05. The largest absolute Gasteiger partial charge is 0.506 e. The summed E-state index contributed by atoms with van der Waals surface area (Å²) < 4.78 is 0.319. The highest BCUT2D eigenvalue weighted by Crippen LogP contribution is 2.28. The quantitative estimate of drug-likeness (QED) is 0.661. The van der Waals surface area contributed by atoms with Crippen LogP contribution in [-0.2, 0) is 0 Å². The summed E-state index contributed by atoms with van der Waals surface area (Å²) in [5, 5.41) is 22.5. The molecule has 102 valence electrons. The minimum absolute atomic E-state index is 0.139. The van der Waals surface area contributed by atoms with Gasteiger partial charge in [-0.25, -0.2) is 0 Å². The number of aromatic hydroxyl groups is 1. The number of aromatic nitrogens is 1. The second kappa shape index (κ2) is 5.66. The van der Waals surface area contributed by atoms with Crippen molar-refractivity contribution in [1.82, 2.24) is 4.98 Å². The van der Waals surface area contributed by atoms with Gasteiger partial charge in [0.05, 0.1) is 21.2 Å². The van der Waals surface area contributed by atoms with E-state index in [1.165, 1.54) is 36.7 Å². The van der Waals surface area contributed by atoms with Crippen LogP contribution in [0.4, 0.5) is 11.4 Å². The van der Waals surface area contributed by atoms with Gasteiger partial charge < -0.3 is 10.4 Å². The van der Waals surface area contributed by atoms with Crippen LogP contribution in [0.5, 0.6) is 5.75 Å². The summed E-state index contributed by atoms with van der Waals surface area (Å²) in [5.74, 6) is -0.663. The number of nitrogens with one attached hydrogen (secondary N) is 1. The van der Waals surface area contributed by atoms with Crippen molar-refractivity contribution in [3.8, 4) is 5.75 Å². The standard InChI is InChI=1S/C12H8BrN3O4/c13-10-2-1-8(4-11(10)16(19)20)15-12(18)7-3-9(17)6-14-5-7/h1-6,17H,(H,15,18). The molecular formula is C12H8BrN3O4. The third-order valence-corrected chi connectivity index (χ3v) is 3.06. The van der Waals surface area contributed by atoms with E-state index >= 15 is 0 Å². The minimum Gasteiger partial charge on any atom is -0.506 e. The number of hydrogen-bond acceptors (Lipinski definition) is 5. The first kappa shape index (κ1) is 13.9. The SMILES string of the molecule is O=C(Nc1ccc(Br)c([N+](=O)[O-])c1)c1cncc(O)c1. The smallest absolute Gasteiger partial charge is 0.285 e. The van der Waals surface area contributed by atoms with Crippen LogP contribution in [0.1, 0.15) is 10.4 Å². The van der Waals surface area contributed by atoms with Gasteiger partial charge >= 0.3 is 0 Å². The Labute approximate surface area is 121 Å². The maximum Gasteiger partial charge on any atom is 0.285 e. The van der Waals surface area contributed by atoms with E-state index in [0.717, 1.165) is 0 Å². The molecule has 7 nitrogen and oxygen atoms in total. The topological polar surface area (TPSA) is 105 Å². The van der Waals surface area contributed by atoms with Gasteiger partial charge in [-0.3, -0.25) is 19.9 Å². The van der Waals surface area contributed by atoms with Crippen molar-refractivity contribution < 1.29 is 14.8 Å². The Hall–Kier alpha value is -2.48. The maximum atomic E-state index is 11.9. The Bertz CT molecular complexity index is 690. The third kappa shape index (κ3) is 3.09. The number of hydrogen-bond donors (Lipinski definition) is 2. The monoisotopic (exact) mass is 337 g/mol. The van der Waals surface area contributed by atoms with Gasteiger partial charge in [-0.05, 0) is 34.1 Å². The molecule has 8 heteroatoms. The zero-order valence-electron chi connectivity index (χ0n) is 9.91. The molecule has 0 aliphatic carbocycles. The fourth-order valence-corrected chi connectivity index (χ4v) is 1.88. The van der Waals surface area contributed by atoms with E-state index < -0.39 is 10.8 Å². The number of nitro benzene ring substituents is 1. The number of anilines is 1. The second-order valence-corrected chi connectivity index (χ2v) is 4.66. The lowest BCUT2D eigenvalue weighted by Crippen LogP contribution is -2.12. The van der Waals surface area contributed by atoms with E-state index in [1.807, 2.05) is 0 Å². The van der Waals surface area contributed by atoms with Gasteiger partial charge in [0.15, 0.2) is 0 Å². The molecule has 0 bridgehead atoms. The summed E-state index contributed by atoms with van der Waals surface area (Å²) in [7, 11) is 0. The number of carbonyl (C=O) groups excluding carboxylic acids is 1. The van der Waals surface area contributed by atoms with E-state index in [0.29, 0.717) is 4.47 Å². The Morgan fingerprint density at radius 1 is 1.35 bits per heavy atom. The lowest BCUT2D eigenvalue weighted by atomic mass is 10.2. The number of pyridine rings is 1.